The van der Waals surface area contributed by atoms with Crippen LogP contribution in [0.25, 0.3) is 0 Å². The molecule has 0 bridgehead atoms. The monoisotopic (exact) mass is 348 g/mol. The standard InChI is InChI=1S/C9H11Cl3N2O4S/c10-9(11,12)2-18-8(17)5-3(15)1-19-7-4(13)6(16)14(5)7/h3-5,7,15H,1-2,13H2/t3?,4-,5?,7-/m1/s1. The Balaban J connectivity index is 2.04. The molecule has 3 N–H and O–H groups in total. The molecule has 0 spiro atoms. The van der Waals surface area contributed by atoms with Crippen LogP contribution in [0.4, 0.5) is 0 Å². The molecule has 1 amide bonds. The number of carbonyl (C=O) groups is 2. The lowest BCUT2D eigenvalue weighted by Gasteiger charge is -2.52. The maximum absolute atomic E-state index is 11.9. The fourth-order valence-electron chi connectivity index (χ4n) is 1.97. The number of hydrogen-bond acceptors (Lipinski definition) is 6. The Morgan fingerprint density at radius 3 is 2.79 bits per heavy atom. The van der Waals surface area contributed by atoms with E-state index in [2.05, 4.69) is 0 Å². The number of fused-ring (bicyclic) bond motifs is 1. The molecule has 0 aliphatic carbocycles. The quantitative estimate of drug-likeness (QED) is 0.410. The first-order valence-corrected chi connectivity index (χ1v) is 7.51. The predicted octanol–water partition coefficient (Wildman–Crippen LogP) is -0.128. The third-order valence-corrected chi connectivity index (χ3v) is 4.57. The summed E-state index contributed by atoms with van der Waals surface area (Å²) < 4.78 is 3.08. The van der Waals surface area contributed by atoms with E-state index in [0.29, 0.717) is 0 Å². The van der Waals surface area contributed by atoms with Crippen LogP contribution in [-0.4, -0.2) is 61.6 Å². The molecule has 2 aliphatic heterocycles. The lowest BCUT2D eigenvalue weighted by molar-refractivity contribution is -0.169. The maximum atomic E-state index is 11.9. The van der Waals surface area contributed by atoms with Gasteiger partial charge in [0.15, 0.2) is 6.04 Å². The zero-order valence-electron chi connectivity index (χ0n) is 9.46. The number of halogens is 3. The number of carbonyl (C=O) groups excluding carboxylic acids is 2. The number of esters is 1. The van der Waals surface area contributed by atoms with Crippen LogP contribution in [0.15, 0.2) is 0 Å². The van der Waals surface area contributed by atoms with Gasteiger partial charge in [0, 0.05) is 5.75 Å². The molecule has 10 heteroatoms. The summed E-state index contributed by atoms with van der Waals surface area (Å²) in [6, 6.07) is -1.74. The van der Waals surface area contributed by atoms with Crippen molar-refractivity contribution in [2.24, 2.45) is 5.73 Å². The summed E-state index contributed by atoms with van der Waals surface area (Å²) >= 11 is 17.7. The second-order valence-electron chi connectivity index (χ2n) is 4.23. The first-order valence-electron chi connectivity index (χ1n) is 5.33. The van der Waals surface area contributed by atoms with Crippen molar-refractivity contribution < 1.29 is 19.4 Å². The molecular formula is C9H11Cl3N2O4S. The molecule has 0 radical (unpaired) electrons. The number of β-lactam (4-membered cyclic amide) rings is 1. The van der Waals surface area contributed by atoms with Crippen LogP contribution in [0.2, 0.25) is 0 Å². The van der Waals surface area contributed by atoms with Gasteiger partial charge in [-0.1, -0.05) is 34.8 Å². The molecule has 0 saturated carbocycles. The van der Waals surface area contributed by atoms with Crippen molar-refractivity contribution in [2.75, 3.05) is 12.4 Å². The highest BCUT2D eigenvalue weighted by Crippen LogP contribution is 2.37. The van der Waals surface area contributed by atoms with Crippen molar-refractivity contribution in [2.45, 2.75) is 27.4 Å². The van der Waals surface area contributed by atoms with Gasteiger partial charge in [0.2, 0.25) is 9.70 Å². The lowest BCUT2D eigenvalue weighted by atomic mass is 10.0. The summed E-state index contributed by atoms with van der Waals surface area (Å²) in [7, 11) is 0. The van der Waals surface area contributed by atoms with E-state index in [0.717, 1.165) is 0 Å². The molecule has 2 saturated heterocycles. The number of ether oxygens (including phenoxy) is 1. The fourth-order valence-corrected chi connectivity index (χ4v) is 3.43. The Morgan fingerprint density at radius 1 is 1.58 bits per heavy atom. The van der Waals surface area contributed by atoms with Gasteiger partial charge in [0.25, 0.3) is 0 Å². The average molecular weight is 350 g/mol. The van der Waals surface area contributed by atoms with Crippen molar-refractivity contribution in [3.05, 3.63) is 0 Å². The zero-order chi connectivity index (χ0) is 14.4. The second kappa shape index (κ2) is 5.46. The van der Waals surface area contributed by atoms with Crippen LogP contribution in [0.3, 0.4) is 0 Å². The lowest BCUT2D eigenvalue weighted by Crippen LogP contribution is -2.75. The number of rotatable bonds is 2. The summed E-state index contributed by atoms with van der Waals surface area (Å²) in [5.74, 6) is -0.910. The van der Waals surface area contributed by atoms with Gasteiger partial charge < -0.3 is 20.5 Å². The molecule has 4 atom stereocenters. The number of nitrogens with two attached hydrogens (primary N) is 1. The molecule has 108 valence electrons. The molecule has 2 aliphatic rings. The highest BCUT2D eigenvalue weighted by atomic mass is 35.6. The van der Waals surface area contributed by atoms with Crippen LogP contribution in [0.1, 0.15) is 0 Å². The van der Waals surface area contributed by atoms with Crippen molar-refractivity contribution in [1.82, 2.24) is 4.90 Å². The minimum absolute atomic E-state index is 0.287. The van der Waals surface area contributed by atoms with Gasteiger partial charge in [-0.2, -0.15) is 0 Å². The normalized spacial score (nSPS) is 34.6. The van der Waals surface area contributed by atoms with E-state index in [1.165, 1.54) is 16.7 Å². The Morgan fingerprint density at radius 2 is 2.21 bits per heavy atom. The van der Waals surface area contributed by atoms with Crippen LogP contribution in [-0.2, 0) is 14.3 Å². The number of nitrogens with zero attached hydrogens (tertiary/aromatic N) is 1. The Labute approximate surface area is 128 Å². The molecule has 19 heavy (non-hydrogen) atoms. The molecular weight excluding hydrogens is 339 g/mol. The van der Waals surface area contributed by atoms with Gasteiger partial charge in [-0.05, 0) is 0 Å². The van der Waals surface area contributed by atoms with E-state index in [1.807, 2.05) is 0 Å². The van der Waals surface area contributed by atoms with E-state index < -0.39 is 40.5 Å². The van der Waals surface area contributed by atoms with Crippen molar-refractivity contribution in [3.8, 4) is 0 Å². The molecule has 0 aromatic heterocycles. The number of alkyl halides is 3. The minimum atomic E-state index is -1.74. The van der Waals surface area contributed by atoms with Crippen LogP contribution < -0.4 is 5.73 Å². The van der Waals surface area contributed by atoms with Gasteiger partial charge in [-0.15, -0.1) is 11.8 Å². The van der Waals surface area contributed by atoms with Crippen LogP contribution in [0, 0.1) is 0 Å². The smallest absolute Gasteiger partial charge is 0.331 e. The van der Waals surface area contributed by atoms with Gasteiger partial charge in [0.1, 0.15) is 18.0 Å². The largest absolute Gasteiger partial charge is 0.460 e. The molecule has 6 nitrogen and oxygen atoms in total. The van der Waals surface area contributed by atoms with Crippen LogP contribution >= 0.6 is 46.6 Å². The summed E-state index contributed by atoms with van der Waals surface area (Å²) in [4.78, 5) is 24.8. The van der Waals surface area contributed by atoms with E-state index >= 15 is 0 Å². The van der Waals surface area contributed by atoms with Gasteiger partial charge in [-0.3, -0.25) is 4.79 Å². The number of thioether (sulfide) groups is 1. The first-order chi connectivity index (χ1) is 8.72. The van der Waals surface area contributed by atoms with Gasteiger partial charge >= 0.3 is 5.97 Å². The second-order valence-corrected chi connectivity index (χ2v) is 7.90. The molecule has 0 aromatic rings. The number of hydrogen-bond donors (Lipinski definition) is 2. The topological polar surface area (TPSA) is 92.9 Å². The first kappa shape index (κ1) is 15.5. The third-order valence-electron chi connectivity index (χ3n) is 2.84. The predicted molar refractivity (Wildman–Crippen MR) is 72.1 cm³/mol. The van der Waals surface area contributed by atoms with Crippen molar-refractivity contribution in [1.29, 1.82) is 0 Å². The molecule has 0 aromatic carbocycles. The Hall–Kier alpha value is 0.0800. The highest BCUT2D eigenvalue weighted by molar-refractivity contribution is 8.00. The molecule has 2 heterocycles. The van der Waals surface area contributed by atoms with Crippen LogP contribution in [0.5, 0.6) is 0 Å². The maximum Gasteiger partial charge on any atom is 0.331 e. The van der Waals surface area contributed by atoms with E-state index in [1.54, 1.807) is 0 Å². The summed E-state index contributed by atoms with van der Waals surface area (Å²) in [6.07, 6.45) is -1.03. The average Bonchev–Trinajstić information content (AvgIpc) is 2.33. The SMILES string of the molecule is N[C@@H]1C(=O)N2C(C(=O)OCC(Cl)(Cl)Cl)C(O)CS[C@H]12. The fraction of sp³-hybridized carbons (Fsp3) is 0.778. The minimum Gasteiger partial charge on any atom is -0.460 e. The van der Waals surface area contributed by atoms with E-state index in [9.17, 15) is 14.7 Å². The molecule has 2 rings (SSSR count). The van der Waals surface area contributed by atoms with E-state index in [-0.39, 0.29) is 11.1 Å². The van der Waals surface area contributed by atoms with Gasteiger partial charge in [-0.25, -0.2) is 4.79 Å². The molecule has 2 fully saturated rings. The van der Waals surface area contributed by atoms with Gasteiger partial charge in [0.05, 0.1) is 6.10 Å². The highest BCUT2D eigenvalue weighted by Gasteiger charge is 2.56. The number of aliphatic hydroxyl groups is 1. The van der Waals surface area contributed by atoms with Crippen molar-refractivity contribution in [3.63, 3.8) is 0 Å². The number of amides is 1. The van der Waals surface area contributed by atoms with Crippen molar-refractivity contribution >= 4 is 58.4 Å². The summed E-state index contributed by atoms with van der Waals surface area (Å²) in [6.45, 7) is -0.453. The Bertz CT molecular complexity index is 405. The summed E-state index contributed by atoms with van der Waals surface area (Å²) in [5.41, 5.74) is 5.62. The molecule has 2 unspecified atom stereocenters. The summed E-state index contributed by atoms with van der Waals surface area (Å²) in [5, 5.41) is 9.52. The Kier molecular flexibility index (Phi) is 4.45. The van der Waals surface area contributed by atoms with E-state index in [4.69, 9.17) is 45.3 Å². The number of aliphatic hydroxyl groups excluding tert-OH is 1. The zero-order valence-corrected chi connectivity index (χ0v) is 12.5. The third kappa shape index (κ3) is 3.06.